The molecule has 0 radical (unpaired) electrons. The minimum Gasteiger partial charge on any atom is -0.493 e. The number of nitrogens with zero attached hydrogens (tertiary/aromatic N) is 1. The van der Waals surface area contributed by atoms with Crippen molar-refractivity contribution in [1.29, 1.82) is 0 Å². The first-order chi connectivity index (χ1) is 13.0. The summed E-state index contributed by atoms with van der Waals surface area (Å²) >= 11 is 0. The second-order valence-electron chi connectivity index (χ2n) is 6.26. The van der Waals surface area contributed by atoms with Crippen LogP contribution in [0, 0.1) is 5.92 Å². The van der Waals surface area contributed by atoms with Crippen molar-refractivity contribution in [3.05, 3.63) is 23.8 Å². The Morgan fingerprint density at radius 1 is 1.11 bits per heavy atom. The summed E-state index contributed by atoms with van der Waals surface area (Å²) in [5, 5.41) is 0. The van der Waals surface area contributed by atoms with Crippen molar-refractivity contribution in [2.45, 2.75) is 19.8 Å². The van der Waals surface area contributed by atoms with Crippen LogP contribution in [0.2, 0.25) is 0 Å². The maximum Gasteiger partial charge on any atom is 0.325 e. The van der Waals surface area contributed by atoms with Gasteiger partial charge in [-0.25, -0.2) is 0 Å². The van der Waals surface area contributed by atoms with E-state index in [1.54, 1.807) is 25.1 Å². The first-order valence-electron chi connectivity index (χ1n) is 8.95. The van der Waals surface area contributed by atoms with Crippen LogP contribution in [0.1, 0.15) is 25.3 Å². The Labute approximate surface area is 159 Å². The Kier molecular flexibility index (Phi) is 7.52. The molecule has 1 aromatic rings. The van der Waals surface area contributed by atoms with Gasteiger partial charge < -0.3 is 23.8 Å². The molecule has 1 aliphatic rings. The van der Waals surface area contributed by atoms with Gasteiger partial charge in [0.1, 0.15) is 6.54 Å². The van der Waals surface area contributed by atoms with E-state index < -0.39 is 5.97 Å². The molecule has 0 N–H and O–H groups in total. The van der Waals surface area contributed by atoms with Gasteiger partial charge in [0.05, 0.1) is 27.9 Å². The van der Waals surface area contributed by atoms with Crippen LogP contribution >= 0.6 is 0 Å². The van der Waals surface area contributed by atoms with Gasteiger partial charge in [-0.05, 0) is 49.5 Å². The Morgan fingerprint density at radius 3 is 2.22 bits per heavy atom. The van der Waals surface area contributed by atoms with Crippen molar-refractivity contribution in [2.24, 2.45) is 5.92 Å². The minimum absolute atomic E-state index is 0.0389. The fourth-order valence-corrected chi connectivity index (χ4v) is 2.68. The van der Waals surface area contributed by atoms with Crippen LogP contribution in [-0.4, -0.2) is 57.8 Å². The highest BCUT2D eigenvalue weighted by atomic mass is 16.5. The zero-order chi connectivity index (χ0) is 19.8. The fourth-order valence-electron chi connectivity index (χ4n) is 2.68. The zero-order valence-electron chi connectivity index (χ0n) is 16.3. The number of hydrogen-bond acceptors (Lipinski definition) is 6. The Morgan fingerprint density at radius 2 is 1.74 bits per heavy atom. The fraction of sp³-hybridized carbons (Fsp3) is 0.500. The largest absolute Gasteiger partial charge is 0.493 e. The first kappa shape index (κ1) is 20.6. The van der Waals surface area contributed by atoms with Crippen molar-refractivity contribution in [1.82, 2.24) is 4.90 Å². The van der Waals surface area contributed by atoms with Gasteiger partial charge in [-0.15, -0.1) is 0 Å². The molecule has 7 nitrogen and oxygen atoms in total. The average molecular weight is 377 g/mol. The third-order valence-electron chi connectivity index (χ3n) is 4.22. The summed E-state index contributed by atoms with van der Waals surface area (Å²) in [6.07, 6.45) is 5.28. The molecular formula is C20H27NO6. The van der Waals surface area contributed by atoms with Crippen molar-refractivity contribution < 1.29 is 28.5 Å². The van der Waals surface area contributed by atoms with E-state index in [4.69, 9.17) is 18.9 Å². The molecule has 1 amide bonds. The lowest BCUT2D eigenvalue weighted by molar-refractivity contribution is -0.147. The van der Waals surface area contributed by atoms with Crippen LogP contribution < -0.4 is 14.2 Å². The maximum absolute atomic E-state index is 12.6. The van der Waals surface area contributed by atoms with Gasteiger partial charge in [0.2, 0.25) is 11.7 Å². The predicted molar refractivity (Wildman–Crippen MR) is 101 cm³/mol. The van der Waals surface area contributed by atoms with Gasteiger partial charge in [-0.2, -0.15) is 0 Å². The summed E-state index contributed by atoms with van der Waals surface area (Å²) in [5.74, 6) is 1.34. The number of benzene rings is 1. The lowest BCUT2D eigenvalue weighted by Gasteiger charge is -2.20. The summed E-state index contributed by atoms with van der Waals surface area (Å²) < 4.78 is 20.9. The van der Waals surface area contributed by atoms with Crippen molar-refractivity contribution in [3.8, 4) is 17.2 Å². The van der Waals surface area contributed by atoms with Crippen LogP contribution in [0.4, 0.5) is 0 Å². The minimum atomic E-state index is -0.396. The SMILES string of the molecule is CCOC(=O)CN(CC1CC1)C(=O)/C=C\c1cc(OC)c(OC)c(OC)c1. The Hall–Kier alpha value is -2.70. The number of carbonyl (C=O) groups is 2. The van der Waals surface area contributed by atoms with E-state index in [-0.39, 0.29) is 12.5 Å². The molecule has 0 unspecified atom stereocenters. The van der Waals surface area contributed by atoms with E-state index in [1.807, 2.05) is 0 Å². The molecule has 0 saturated heterocycles. The molecule has 0 heterocycles. The van der Waals surface area contributed by atoms with E-state index in [1.165, 1.54) is 32.3 Å². The van der Waals surface area contributed by atoms with Crippen LogP contribution in [-0.2, 0) is 14.3 Å². The molecule has 1 fully saturated rings. The van der Waals surface area contributed by atoms with E-state index in [0.717, 1.165) is 18.4 Å². The molecule has 27 heavy (non-hydrogen) atoms. The average Bonchev–Trinajstić information content (AvgIpc) is 3.48. The van der Waals surface area contributed by atoms with Crippen LogP contribution in [0.25, 0.3) is 6.08 Å². The molecule has 2 rings (SSSR count). The quantitative estimate of drug-likeness (QED) is 0.461. The van der Waals surface area contributed by atoms with Gasteiger partial charge >= 0.3 is 5.97 Å². The molecule has 0 aliphatic heterocycles. The Balaban J connectivity index is 2.15. The number of methoxy groups -OCH3 is 3. The van der Waals surface area contributed by atoms with Crippen molar-refractivity contribution in [2.75, 3.05) is 41.0 Å². The second kappa shape index (κ2) is 9.85. The molecule has 0 aromatic heterocycles. The summed E-state index contributed by atoms with van der Waals surface area (Å²) in [4.78, 5) is 25.9. The molecule has 1 aliphatic carbocycles. The molecule has 0 bridgehead atoms. The summed E-state index contributed by atoms with van der Waals surface area (Å²) in [6.45, 7) is 2.57. The smallest absolute Gasteiger partial charge is 0.325 e. The third kappa shape index (κ3) is 5.91. The summed E-state index contributed by atoms with van der Waals surface area (Å²) in [5.41, 5.74) is 0.723. The molecule has 7 heteroatoms. The van der Waals surface area contributed by atoms with Gasteiger partial charge in [-0.1, -0.05) is 0 Å². The maximum atomic E-state index is 12.6. The molecule has 1 aromatic carbocycles. The lowest BCUT2D eigenvalue weighted by atomic mass is 10.1. The molecule has 1 saturated carbocycles. The molecule has 148 valence electrons. The molecule has 0 atom stereocenters. The summed E-state index contributed by atoms with van der Waals surface area (Å²) in [7, 11) is 4.60. The van der Waals surface area contributed by atoms with E-state index >= 15 is 0 Å². The third-order valence-corrected chi connectivity index (χ3v) is 4.22. The number of hydrogen-bond donors (Lipinski definition) is 0. The highest BCUT2D eigenvalue weighted by Gasteiger charge is 2.27. The van der Waals surface area contributed by atoms with Crippen LogP contribution in [0.5, 0.6) is 17.2 Å². The lowest BCUT2D eigenvalue weighted by Crippen LogP contribution is -2.36. The van der Waals surface area contributed by atoms with E-state index in [9.17, 15) is 9.59 Å². The number of esters is 1. The number of rotatable bonds is 10. The Bertz CT molecular complexity index is 671. The summed E-state index contributed by atoms with van der Waals surface area (Å²) in [6, 6.07) is 3.50. The van der Waals surface area contributed by atoms with Gasteiger partial charge in [-0.3, -0.25) is 9.59 Å². The topological polar surface area (TPSA) is 74.3 Å². The normalized spacial score (nSPS) is 13.3. The highest BCUT2D eigenvalue weighted by molar-refractivity contribution is 5.94. The highest BCUT2D eigenvalue weighted by Crippen LogP contribution is 2.38. The van der Waals surface area contributed by atoms with Gasteiger partial charge in [0.15, 0.2) is 11.5 Å². The number of carbonyl (C=O) groups excluding carboxylic acids is 2. The molecule has 0 spiro atoms. The zero-order valence-corrected chi connectivity index (χ0v) is 16.3. The van der Waals surface area contributed by atoms with Crippen molar-refractivity contribution >= 4 is 18.0 Å². The second-order valence-corrected chi connectivity index (χ2v) is 6.26. The van der Waals surface area contributed by atoms with Crippen LogP contribution in [0.3, 0.4) is 0 Å². The number of ether oxygens (including phenoxy) is 4. The number of amides is 1. The van der Waals surface area contributed by atoms with Gasteiger partial charge in [0, 0.05) is 12.6 Å². The van der Waals surface area contributed by atoms with Crippen LogP contribution in [0.15, 0.2) is 18.2 Å². The predicted octanol–water partition coefficient (Wildman–Crippen LogP) is 2.53. The standard InChI is InChI=1S/C20H27NO6/c1-5-27-19(23)13-21(12-14-6-7-14)18(22)9-8-15-10-16(24-2)20(26-4)17(11-15)25-3/h8-11,14H,5-7,12-13H2,1-4H3/b9-8-. The molecular weight excluding hydrogens is 350 g/mol. The first-order valence-corrected chi connectivity index (χ1v) is 8.95. The van der Waals surface area contributed by atoms with Gasteiger partial charge in [0.25, 0.3) is 0 Å². The van der Waals surface area contributed by atoms with E-state index in [2.05, 4.69) is 0 Å². The van der Waals surface area contributed by atoms with E-state index in [0.29, 0.717) is 36.3 Å². The monoisotopic (exact) mass is 377 g/mol. The van der Waals surface area contributed by atoms with Crippen molar-refractivity contribution in [3.63, 3.8) is 0 Å².